The van der Waals surface area contributed by atoms with Crippen LogP contribution in [0.15, 0.2) is 27.4 Å². The van der Waals surface area contributed by atoms with Crippen molar-refractivity contribution in [1.29, 1.82) is 0 Å². The zero-order chi connectivity index (χ0) is 11.9. The van der Waals surface area contributed by atoms with Gasteiger partial charge in [0.1, 0.15) is 0 Å². The van der Waals surface area contributed by atoms with Crippen LogP contribution in [0.3, 0.4) is 0 Å². The Morgan fingerprint density at radius 1 is 1.31 bits per heavy atom. The third kappa shape index (κ3) is 1.71. The first-order valence-corrected chi connectivity index (χ1v) is 4.99. The summed E-state index contributed by atoms with van der Waals surface area (Å²) < 4.78 is 18.3. The number of hydrogen-bond acceptors (Lipinski definition) is 3. The van der Waals surface area contributed by atoms with Gasteiger partial charge in [0.15, 0.2) is 11.4 Å². The third-order valence-corrected chi connectivity index (χ3v) is 2.32. The van der Waals surface area contributed by atoms with Gasteiger partial charge in [-0.1, -0.05) is 26.8 Å². The first-order valence-electron chi connectivity index (χ1n) is 4.99. The van der Waals surface area contributed by atoms with Gasteiger partial charge in [0, 0.05) is 10.8 Å². The molecular weight excluding hydrogens is 209 g/mol. The van der Waals surface area contributed by atoms with Crippen molar-refractivity contribution in [2.45, 2.75) is 26.2 Å². The molecule has 0 saturated carbocycles. The standard InChI is InChI=1S/C12H12FNO2/c1-12(2,3)10-7-5-4-6-8(13)9(7)16-11(15)14-10/h4-6H,1-3H3. The van der Waals surface area contributed by atoms with Gasteiger partial charge in [-0.05, 0) is 12.1 Å². The molecule has 1 heterocycles. The highest BCUT2D eigenvalue weighted by molar-refractivity contribution is 5.80. The summed E-state index contributed by atoms with van der Waals surface area (Å²) in [7, 11) is 0. The SMILES string of the molecule is CC(C)(C)c1nc(=O)oc2c(F)cccc12. The number of benzene rings is 1. The van der Waals surface area contributed by atoms with E-state index in [1.165, 1.54) is 6.07 Å². The molecule has 2 aromatic rings. The molecule has 16 heavy (non-hydrogen) atoms. The maximum absolute atomic E-state index is 13.5. The molecule has 0 aliphatic heterocycles. The molecule has 84 valence electrons. The van der Waals surface area contributed by atoms with Gasteiger partial charge in [0.25, 0.3) is 0 Å². The largest absolute Gasteiger partial charge is 0.439 e. The second kappa shape index (κ2) is 3.40. The predicted octanol–water partition coefficient (Wildman–Crippen LogP) is 2.62. The van der Waals surface area contributed by atoms with Crippen LogP contribution in [0, 0.1) is 5.82 Å². The summed E-state index contributed by atoms with van der Waals surface area (Å²) in [6.45, 7) is 5.75. The van der Waals surface area contributed by atoms with Gasteiger partial charge in [-0.2, -0.15) is 4.98 Å². The highest BCUT2D eigenvalue weighted by Crippen LogP contribution is 2.27. The molecule has 0 N–H and O–H groups in total. The van der Waals surface area contributed by atoms with Gasteiger partial charge >= 0.3 is 5.76 Å². The molecule has 0 radical (unpaired) electrons. The van der Waals surface area contributed by atoms with Crippen LogP contribution in [0.2, 0.25) is 0 Å². The molecule has 2 rings (SSSR count). The van der Waals surface area contributed by atoms with Gasteiger partial charge in [-0.25, -0.2) is 9.18 Å². The summed E-state index contributed by atoms with van der Waals surface area (Å²) >= 11 is 0. The summed E-state index contributed by atoms with van der Waals surface area (Å²) in [5, 5.41) is 0.548. The minimum absolute atomic E-state index is 0.0209. The fraction of sp³-hybridized carbons (Fsp3) is 0.333. The maximum Gasteiger partial charge on any atom is 0.439 e. The Labute approximate surface area is 91.9 Å². The van der Waals surface area contributed by atoms with Crippen molar-refractivity contribution in [3.63, 3.8) is 0 Å². The number of hydrogen-bond donors (Lipinski definition) is 0. The second-order valence-corrected chi connectivity index (χ2v) is 4.69. The molecule has 0 spiro atoms. The highest BCUT2D eigenvalue weighted by atomic mass is 19.1. The van der Waals surface area contributed by atoms with Crippen LogP contribution in [0.5, 0.6) is 0 Å². The van der Waals surface area contributed by atoms with Crippen molar-refractivity contribution in [1.82, 2.24) is 4.98 Å². The Bertz CT molecular complexity index is 596. The number of fused-ring (bicyclic) bond motifs is 1. The van der Waals surface area contributed by atoms with Crippen LogP contribution in [-0.2, 0) is 5.41 Å². The van der Waals surface area contributed by atoms with E-state index in [0.29, 0.717) is 11.1 Å². The fourth-order valence-electron chi connectivity index (χ4n) is 1.63. The van der Waals surface area contributed by atoms with E-state index in [2.05, 4.69) is 4.98 Å². The van der Waals surface area contributed by atoms with E-state index in [1.54, 1.807) is 12.1 Å². The smallest absolute Gasteiger partial charge is 0.405 e. The zero-order valence-electron chi connectivity index (χ0n) is 9.37. The molecule has 0 aliphatic rings. The molecule has 0 amide bonds. The molecule has 4 heteroatoms. The average Bonchev–Trinajstić information content (AvgIpc) is 2.17. The first-order chi connectivity index (χ1) is 7.39. The lowest BCUT2D eigenvalue weighted by Gasteiger charge is -2.18. The molecule has 1 aromatic carbocycles. The topological polar surface area (TPSA) is 43.1 Å². The van der Waals surface area contributed by atoms with E-state index in [1.807, 2.05) is 20.8 Å². The quantitative estimate of drug-likeness (QED) is 0.686. The molecular formula is C12H12FNO2. The minimum Gasteiger partial charge on any atom is -0.405 e. The van der Waals surface area contributed by atoms with Crippen molar-refractivity contribution >= 4 is 11.0 Å². The van der Waals surface area contributed by atoms with Crippen molar-refractivity contribution in [3.8, 4) is 0 Å². The van der Waals surface area contributed by atoms with Crippen LogP contribution in [0.25, 0.3) is 11.0 Å². The zero-order valence-corrected chi connectivity index (χ0v) is 9.37. The summed E-state index contributed by atoms with van der Waals surface area (Å²) in [6, 6.07) is 4.54. The van der Waals surface area contributed by atoms with Gasteiger partial charge in [0.05, 0.1) is 5.69 Å². The van der Waals surface area contributed by atoms with E-state index in [9.17, 15) is 9.18 Å². The van der Waals surface area contributed by atoms with Crippen LogP contribution in [0.4, 0.5) is 4.39 Å². The minimum atomic E-state index is -0.762. The normalized spacial score (nSPS) is 12.0. The van der Waals surface area contributed by atoms with E-state index in [-0.39, 0.29) is 11.0 Å². The summed E-state index contributed by atoms with van der Waals surface area (Å²) in [6.07, 6.45) is 0. The van der Waals surface area contributed by atoms with Gasteiger partial charge in [-0.15, -0.1) is 0 Å². The third-order valence-electron chi connectivity index (χ3n) is 2.32. The predicted molar refractivity (Wildman–Crippen MR) is 58.9 cm³/mol. The average molecular weight is 221 g/mol. The number of rotatable bonds is 0. The Hall–Kier alpha value is -1.71. The number of halogens is 1. The molecule has 0 saturated heterocycles. The van der Waals surface area contributed by atoms with Crippen molar-refractivity contribution in [3.05, 3.63) is 40.3 Å². The lowest BCUT2D eigenvalue weighted by atomic mass is 9.89. The Kier molecular flexibility index (Phi) is 2.30. The van der Waals surface area contributed by atoms with Crippen molar-refractivity contribution in [2.24, 2.45) is 0 Å². The molecule has 0 unspecified atom stereocenters. The summed E-state index contributed by atoms with van der Waals surface area (Å²) in [5.41, 5.74) is 0.202. The lowest BCUT2D eigenvalue weighted by Crippen LogP contribution is -2.19. The Morgan fingerprint density at radius 2 is 2.00 bits per heavy atom. The van der Waals surface area contributed by atoms with Crippen LogP contribution in [0.1, 0.15) is 26.5 Å². The molecule has 0 aliphatic carbocycles. The summed E-state index contributed by atoms with van der Waals surface area (Å²) in [4.78, 5) is 15.1. The Balaban J connectivity index is 2.95. The van der Waals surface area contributed by atoms with E-state index in [4.69, 9.17) is 4.42 Å². The van der Waals surface area contributed by atoms with Crippen LogP contribution < -0.4 is 5.76 Å². The second-order valence-electron chi connectivity index (χ2n) is 4.69. The molecule has 3 nitrogen and oxygen atoms in total. The fourth-order valence-corrected chi connectivity index (χ4v) is 1.63. The van der Waals surface area contributed by atoms with Crippen LogP contribution >= 0.6 is 0 Å². The summed E-state index contributed by atoms with van der Waals surface area (Å²) in [5.74, 6) is -1.30. The van der Waals surface area contributed by atoms with E-state index < -0.39 is 11.6 Å². The number of nitrogens with zero attached hydrogens (tertiary/aromatic N) is 1. The first kappa shape index (κ1) is 10.8. The van der Waals surface area contributed by atoms with Gasteiger partial charge < -0.3 is 4.42 Å². The molecule has 1 aromatic heterocycles. The number of aromatic nitrogens is 1. The Morgan fingerprint density at radius 3 is 2.62 bits per heavy atom. The van der Waals surface area contributed by atoms with Crippen LogP contribution in [-0.4, -0.2) is 4.98 Å². The monoisotopic (exact) mass is 221 g/mol. The van der Waals surface area contributed by atoms with Gasteiger partial charge in [-0.3, -0.25) is 0 Å². The lowest BCUT2D eigenvalue weighted by molar-refractivity contribution is 0.480. The van der Waals surface area contributed by atoms with E-state index in [0.717, 1.165) is 0 Å². The van der Waals surface area contributed by atoms with Crippen molar-refractivity contribution < 1.29 is 8.81 Å². The molecule has 0 bridgehead atoms. The molecule has 0 fully saturated rings. The van der Waals surface area contributed by atoms with E-state index >= 15 is 0 Å². The number of para-hydroxylation sites is 1. The highest BCUT2D eigenvalue weighted by Gasteiger charge is 2.21. The van der Waals surface area contributed by atoms with Gasteiger partial charge in [0.2, 0.25) is 0 Å². The molecule has 0 atom stereocenters. The van der Waals surface area contributed by atoms with Crippen molar-refractivity contribution in [2.75, 3.05) is 0 Å². The maximum atomic E-state index is 13.5.